The van der Waals surface area contributed by atoms with Crippen LogP contribution in [0, 0.1) is 0 Å². The monoisotopic (exact) mass is 321 g/mol. The van der Waals surface area contributed by atoms with Crippen LogP contribution in [0.15, 0.2) is 10.8 Å². The molecule has 0 aromatic carbocycles. The molecule has 1 aromatic heterocycles. The molecule has 1 rings (SSSR count). The first-order valence-electron chi connectivity index (χ1n) is 5.09. The summed E-state index contributed by atoms with van der Waals surface area (Å²) in [6.45, 7) is 2.65. The molecule has 8 heteroatoms. The zero-order valence-corrected chi connectivity index (χ0v) is 12.1. The minimum atomic E-state index is -0.796. The van der Waals surface area contributed by atoms with Crippen molar-refractivity contribution in [3.05, 3.63) is 10.8 Å². The highest BCUT2D eigenvalue weighted by molar-refractivity contribution is 9.10. The molecule has 0 spiro atoms. The number of nitrogen functional groups attached to an aromatic ring is 1. The number of hydrogen-bond donors (Lipinski definition) is 3. The molecule has 1 heterocycles. The molecule has 0 aliphatic carbocycles. The van der Waals surface area contributed by atoms with E-state index in [4.69, 9.17) is 5.84 Å². The third-order valence-electron chi connectivity index (χ3n) is 2.34. The molecule has 2 unspecified atom stereocenters. The number of nitrogens with two attached hydrogens (primary N) is 1. The van der Waals surface area contributed by atoms with E-state index in [0.29, 0.717) is 22.7 Å². The van der Waals surface area contributed by atoms with E-state index in [1.54, 1.807) is 6.26 Å². The molecule has 2 atom stereocenters. The molecule has 96 valence electrons. The van der Waals surface area contributed by atoms with Gasteiger partial charge in [0.25, 0.3) is 0 Å². The minimum absolute atomic E-state index is 0.162. The number of hydrazine groups is 1. The summed E-state index contributed by atoms with van der Waals surface area (Å²) in [6.07, 6.45) is 3.94. The third-order valence-corrected chi connectivity index (χ3v) is 4.46. The second-order valence-corrected chi connectivity index (χ2v) is 6.15. The number of aromatic nitrogens is 2. The average molecular weight is 322 g/mol. The number of halogens is 1. The first kappa shape index (κ1) is 14.3. The Balaban J connectivity index is 2.55. The van der Waals surface area contributed by atoms with E-state index in [1.165, 1.54) is 6.33 Å². The van der Waals surface area contributed by atoms with E-state index in [1.807, 2.05) is 6.92 Å². The molecular formula is C9H16BrN5OS. The van der Waals surface area contributed by atoms with Crippen molar-refractivity contribution in [1.29, 1.82) is 0 Å². The van der Waals surface area contributed by atoms with Gasteiger partial charge in [0, 0.05) is 28.9 Å². The molecule has 0 aliphatic heterocycles. The van der Waals surface area contributed by atoms with Crippen molar-refractivity contribution in [2.75, 3.05) is 23.5 Å². The zero-order chi connectivity index (χ0) is 12.8. The van der Waals surface area contributed by atoms with Crippen LogP contribution in [-0.2, 0) is 10.8 Å². The lowest BCUT2D eigenvalue weighted by Crippen LogP contribution is -2.16. The van der Waals surface area contributed by atoms with Crippen molar-refractivity contribution in [2.24, 2.45) is 5.84 Å². The number of nitrogens with one attached hydrogen (secondary N) is 2. The second kappa shape index (κ2) is 6.87. The maximum atomic E-state index is 11.2. The van der Waals surface area contributed by atoms with E-state index in [9.17, 15) is 4.21 Å². The van der Waals surface area contributed by atoms with E-state index >= 15 is 0 Å². The van der Waals surface area contributed by atoms with Gasteiger partial charge < -0.3 is 10.7 Å². The second-order valence-electron chi connectivity index (χ2n) is 3.55. The summed E-state index contributed by atoms with van der Waals surface area (Å²) in [5, 5.41) is 3.31. The lowest BCUT2D eigenvalue weighted by atomic mass is 10.3. The Kier molecular flexibility index (Phi) is 5.79. The minimum Gasteiger partial charge on any atom is -0.369 e. The van der Waals surface area contributed by atoms with Crippen molar-refractivity contribution in [3.63, 3.8) is 0 Å². The van der Waals surface area contributed by atoms with Gasteiger partial charge in [-0.1, -0.05) is 6.92 Å². The number of rotatable bonds is 6. The van der Waals surface area contributed by atoms with E-state index in [-0.39, 0.29) is 5.25 Å². The molecule has 0 saturated heterocycles. The fourth-order valence-corrected chi connectivity index (χ4v) is 2.06. The van der Waals surface area contributed by atoms with Gasteiger partial charge in [-0.3, -0.25) is 4.21 Å². The van der Waals surface area contributed by atoms with Crippen LogP contribution in [0.1, 0.15) is 13.3 Å². The summed E-state index contributed by atoms with van der Waals surface area (Å²) < 4.78 is 11.9. The van der Waals surface area contributed by atoms with Crippen LogP contribution >= 0.6 is 15.9 Å². The van der Waals surface area contributed by atoms with Gasteiger partial charge in [-0.25, -0.2) is 15.8 Å². The van der Waals surface area contributed by atoms with Gasteiger partial charge in [0.2, 0.25) is 0 Å². The fourth-order valence-electron chi connectivity index (χ4n) is 1.15. The van der Waals surface area contributed by atoms with Gasteiger partial charge in [-0.05, 0) is 22.4 Å². The number of hydrogen-bond acceptors (Lipinski definition) is 6. The van der Waals surface area contributed by atoms with Gasteiger partial charge in [0.05, 0.1) is 0 Å². The maximum absolute atomic E-state index is 11.2. The van der Waals surface area contributed by atoms with Gasteiger partial charge in [0.15, 0.2) is 5.82 Å². The zero-order valence-electron chi connectivity index (χ0n) is 9.74. The Morgan fingerprint density at radius 1 is 1.53 bits per heavy atom. The molecule has 0 fully saturated rings. The summed E-state index contributed by atoms with van der Waals surface area (Å²) >= 11 is 3.35. The Hall–Kier alpha value is -0.730. The van der Waals surface area contributed by atoms with Crippen molar-refractivity contribution in [3.8, 4) is 0 Å². The molecular weight excluding hydrogens is 306 g/mol. The van der Waals surface area contributed by atoms with Gasteiger partial charge in [-0.2, -0.15) is 0 Å². The topological polar surface area (TPSA) is 92.9 Å². The van der Waals surface area contributed by atoms with Crippen molar-refractivity contribution >= 4 is 38.4 Å². The smallest absolute Gasteiger partial charge is 0.159 e. The molecule has 17 heavy (non-hydrogen) atoms. The van der Waals surface area contributed by atoms with Crippen molar-refractivity contribution in [1.82, 2.24) is 9.97 Å². The highest BCUT2D eigenvalue weighted by Crippen LogP contribution is 2.25. The molecule has 0 radical (unpaired) electrons. The van der Waals surface area contributed by atoms with Crippen molar-refractivity contribution in [2.45, 2.75) is 18.6 Å². The molecule has 0 saturated carbocycles. The molecule has 0 bridgehead atoms. The summed E-state index contributed by atoms with van der Waals surface area (Å²) in [5.41, 5.74) is 2.47. The Morgan fingerprint density at radius 2 is 2.18 bits per heavy atom. The standard InChI is InChI=1S/C9H16BrN5OS/c1-6(17(2)16)3-4-12-8-7(10)9(15-11)14-5-13-8/h5-6H,3-4,11H2,1-2H3,(H2,12,13,14,15). The van der Waals surface area contributed by atoms with E-state index < -0.39 is 10.8 Å². The third kappa shape index (κ3) is 4.21. The van der Waals surface area contributed by atoms with Gasteiger partial charge in [0.1, 0.15) is 16.6 Å². The number of anilines is 2. The van der Waals surface area contributed by atoms with Crippen LogP contribution in [0.25, 0.3) is 0 Å². The molecule has 4 N–H and O–H groups in total. The van der Waals surface area contributed by atoms with Crippen LogP contribution in [-0.4, -0.2) is 32.2 Å². The number of nitrogens with zero attached hydrogens (tertiary/aromatic N) is 2. The lowest BCUT2D eigenvalue weighted by molar-refractivity contribution is 0.672. The fraction of sp³-hybridized carbons (Fsp3) is 0.556. The molecule has 0 amide bonds. The van der Waals surface area contributed by atoms with Crippen LogP contribution in [0.3, 0.4) is 0 Å². The first-order valence-corrected chi connectivity index (χ1v) is 7.51. The normalized spacial score (nSPS) is 14.1. The average Bonchev–Trinajstić information content (AvgIpc) is 2.31. The van der Waals surface area contributed by atoms with E-state index in [2.05, 4.69) is 36.6 Å². The molecule has 1 aromatic rings. The van der Waals surface area contributed by atoms with Crippen LogP contribution in [0.2, 0.25) is 0 Å². The van der Waals surface area contributed by atoms with Crippen LogP contribution in [0.4, 0.5) is 11.6 Å². The predicted molar refractivity (Wildman–Crippen MR) is 74.2 cm³/mol. The SMILES string of the molecule is CC(CCNc1ncnc(NN)c1Br)S(C)=O. The van der Waals surface area contributed by atoms with E-state index in [0.717, 1.165) is 6.42 Å². The Morgan fingerprint density at radius 3 is 2.76 bits per heavy atom. The summed E-state index contributed by atoms with van der Waals surface area (Å²) in [6, 6.07) is 0. The van der Waals surface area contributed by atoms with Gasteiger partial charge in [-0.15, -0.1) is 0 Å². The summed E-state index contributed by atoms with van der Waals surface area (Å²) in [4.78, 5) is 8.03. The first-order chi connectivity index (χ1) is 8.06. The molecule has 6 nitrogen and oxygen atoms in total. The van der Waals surface area contributed by atoms with Crippen LogP contribution < -0.4 is 16.6 Å². The summed E-state index contributed by atoms with van der Waals surface area (Å²) in [7, 11) is -0.796. The van der Waals surface area contributed by atoms with Gasteiger partial charge >= 0.3 is 0 Å². The maximum Gasteiger partial charge on any atom is 0.159 e. The van der Waals surface area contributed by atoms with Crippen LogP contribution in [0.5, 0.6) is 0 Å². The highest BCUT2D eigenvalue weighted by Gasteiger charge is 2.09. The molecule has 0 aliphatic rings. The predicted octanol–water partition coefficient (Wildman–Crippen LogP) is 1.09. The largest absolute Gasteiger partial charge is 0.369 e. The Labute approximate surface area is 111 Å². The highest BCUT2D eigenvalue weighted by atomic mass is 79.9. The lowest BCUT2D eigenvalue weighted by Gasteiger charge is -2.11. The Bertz CT molecular complexity index is 403. The van der Waals surface area contributed by atoms with Crippen molar-refractivity contribution < 1.29 is 4.21 Å². The summed E-state index contributed by atoms with van der Waals surface area (Å²) in [5.74, 6) is 6.49. The quantitative estimate of drug-likeness (QED) is 0.536.